The number of hydrogen-bond donors (Lipinski definition) is 0. The summed E-state index contributed by atoms with van der Waals surface area (Å²) in [4.78, 5) is 48.4. The normalized spacial score (nSPS) is 26.1. The molecule has 9 heteroatoms. The molecule has 4 heterocycles. The second-order valence-corrected chi connectivity index (χ2v) is 10.9. The van der Waals surface area contributed by atoms with Gasteiger partial charge >= 0.3 is 6.09 Å². The fraction of sp³-hybridized carbons (Fsp3) is 0.429. The van der Waals surface area contributed by atoms with Crippen molar-refractivity contribution in [2.75, 3.05) is 26.7 Å². The predicted octanol–water partition coefficient (Wildman–Crippen LogP) is 3.44. The Kier molecular flexibility index (Phi) is 6.35. The summed E-state index contributed by atoms with van der Waals surface area (Å²) in [6.45, 7) is 6.77. The van der Waals surface area contributed by atoms with Gasteiger partial charge in [0, 0.05) is 50.5 Å². The molecule has 194 valence electrons. The number of halogens is 1. The van der Waals surface area contributed by atoms with Crippen molar-refractivity contribution in [3.05, 3.63) is 60.2 Å². The molecule has 3 aliphatic rings. The number of piperazine rings is 1. The molecule has 3 saturated heterocycles. The van der Waals surface area contributed by atoms with Crippen LogP contribution in [-0.2, 0) is 14.3 Å². The van der Waals surface area contributed by atoms with Crippen LogP contribution in [0.15, 0.2) is 48.7 Å². The number of pyridine rings is 1. The number of imide groups is 1. The number of aromatic nitrogens is 1. The Bertz CT molecular complexity index is 1260. The Morgan fingerprint density at radius 3 is 2.51 bits per heavy atom. The van der Waals surface area contributed by atoms with Crippen LogP contribution in [0.1, 0.15) is 26.5 Å². The fourth-order valence-electron chi connectivity index (χ4n) is 5.61. The summed E-state index contributed by atoms with van der Waals surface area (Å²) in [6, 6.07) is 9.49. The van der Waals surface area contributed by atoms with E-state index in [-0.39, 0.29) is 29.7 Å². The second-order valence-electron chi connectivity index (χ2n) is 10.9. The molecule has 0 N–H and O–H groups in total. The Balaban J connectivity index is 1.37. The molecule has 0 radical (unpaired) electrons. The van der Waals surface area contributed by atoms with Gasteiger partial charge in [0.1, 0.15) is 11.4 Å². The number of fused-ring (bicyclic) bond motifs is 3. The molecule has 8 nitrogen and oxygen atoms in total. The maximum absolute atomic E-state index is 13.6. The first-order valence-corrected chi connectivity index (χ1v) is 12.5. The van der Waals surface area contributed by atoms with Gasteiger partial charge in [-0.05, 0) is 50.6 Å². The van der Waals surface area contributed by atoms with Crippen molar-refractivity contribution in [3.63, 3.8) is 0 Å². The van der Waals surface area contributed by atoms with E-state index in [9.17, 15) is 18.8 Å². The summed E-state index contributed by atoms with van der Waals surface area (Å²) < 4.78 is 19.1. The van der Waals surface area contributed by atoms with E-state index in [0.717, 1.165) is 11.1 Å². The van der Waals surface area contributed by atoms with Crippen LogP contribution >= 0.6 is 0 Å². The van der Waals surface area contributed by atoms with E-state index in [1.165, 1.54) is 24.1 Å². The smallest absolute Gasteiger partial charge is 0.410 e. The summed E-state index contributed by atoms with van der Waals surface area (Å²) in [7, 11) is 1.52. The molecule has 2 aromatic rings. The van der Waals surface area contributed by atoms with Gasteiger partial charge in [-0.3, -0.25) is 24.4 Å². The maximum atomic E-state index is 13.6. The van der Waals surface area contributed by atoms with Crippen LogP contribution in [0.2, 0.25) is 0 Å². The number of amides is 3. The van der Waals surface area contributed by atoms with Crippen molar-refractivity contribution < 1.29 is 23.5 Å². The number of nitrogens with zero attached hydrogens (tertiary/aromatic N) is 4. The molecule has 3 amide bonds. The molecular weight excluding hydrogens is 475 g/mol. The number of ether oxygens (including phenoxy) is 1. The molecule has 5 rings (SSSR count). The molecule has 4 atom stereocenters. The Morgan fingerprint density at radius 1 is 1.08 bits per heavy atom. The first kappa shape index (κ1) is 25.1. The SMILES string of the molecule is CN1C(=O)C2C(C1=O)C1CN(C(=O)OC(C)(C)C)CCN1C2/C=C/c1ccc(-c2cccc(F)c2)cn1. The summed E-state index contributed by atoms with van der Waals surface area (Å²) >= 11 is 0. The number of carbonyl (C=O) groups is 3. The number of benzene rings is 1. The van der Waals surface area contributed by atoms with E-state index < -0.39 is 23.5 Å². The van der Waals surface area contributed by atoms with Crippen LogP contribution in [-0.4, -0.2) is 82.0 Å². The van der Waals surface area contributed by atoms with Crippen molar-refractivity contribution in [3.8, 4) is 11.1 Å². The van der Waals surface area contributed by atoms with Crippen molar-refractivity contribution in [2.24, 2.45) is 11.8 Å². The monoisotopic (exact) mass is 506 g/mol. The topological polar surface area (TPSA) is 83.0 Å². The van der Waals surface area contributed by atoms with Crippen molar-refractivity contribution in [2.45, 2.75) is 38.5 Å². The Hall–Kier alpha value is -3.59. The van der Waals surface area contributed by atoms with E-state index in [2.05, 4.69) is 9.88 Å². The van der Waals surface area contributed by atoms with E-state index >= 15 is 0 Å². The van der Waals surface area contributed by atoms with Crippen LogP contribution < -0.4 is 0 Å². The molecular formula is C28H31FN4O4. The van der Waals surface area contributed by atoms with Crippen LogP contribution in [0.4, 0.5) is 9.18 Å². The van der Waals surface area contributed by atoms with Crippen LogP contribution in [0.5, 0.6) is 0 Å². The van der Waals surface area contributed by atoms with E-state index in [4.69, 9.17) is 4.74 Å². The third-order valence-electron chi connectivity index (χ3n) is 7.31. The minimum Gasteiger partial charge on any atom is -0.444 e. The summed E-state index contributed by atoms with van der Waals surface area (Å²) in [5, 5.41) is 0. The van der Waals surface area contributed by atoms with Crippen molar-refractivity contribution in [1.29, 1.82) is 0 Å². The third kappa shape index (κ3) is 4.75. The number of likely N-dealkylation sites (tertiary alicyclic amines) is 1. The lowest BCUT2D eigenvalue weighted by Crippen LogP contribution is -2.57. The number of hydrogen-bond acceptors (Lipinski definition) is 6. The van der Waals surface area contributed by atoms with Gasteiger partial charge in [0.25, 0.3) is 0 Å². The molecule has 0 spiro atoms. The largest absolute Gasteiger partial charge is 0.444 e. The van der Waals surface area contributed by atoms with E-state index in [1.807, 2.05) is 51.1 Å². The maximum Gasteiger partial charge on any atom is 0.410 e. The highest BCUT2D eigenvalue weighted by Gasteiger charge is 2.61. The van der Waals surface area contributed by atoms with Crippen LogP contribution in [0.25, 0.3) is 17.2 Å². The lowest BCUT2D eigenvalue weighted by Gasteiger charge is -2.41. The van der Waals surface area contributed by atoms with Gasteiger partial charge in [0.15, 0.2) is 0 Å². The van der Waals surface area contributed by atoms with E-state index in [1.54, 1.807) is 17.2 Å². The van der Waals surface area contributed by atoms with Gasteiger partial charge in [0.2, 0.25) is 11.8 Å². The molecule has 1 aromatic carbocycles. The molecule has 4 unspecified atom stereocenters. The highest BCUT2D eigenvalue weighted by atomic mass is 19.1. The van der Waals surface area contributed by atoms with Gasteiger partial charge in [-0.25, -0.2) is 9.18 Å². The molecule has 1 aromatic heterocycles. The Labute approximate surface area is 215 Å². The summed E-state index contributed by atoms with van der Waals surface area (Å²) in [5.74, 6) is -1.73. The molecule has 3 fully saturated rings. The second kappa shape index (κ2) is 9.37. The summed E-state index contributed by atoms with van der Waals surface area (Å²) in [5.41, 5.74) is 1.62. The van der Waals surface area contributed by atoms with Crippen molar-refractivity contribution in [1.82, 2.24) is 19.7 Å². The average molecular weight is 507 g/mol. The van der Waals surface area contributed by atoms with Gasteiger partial charge in [-0.2, -0.15) is 0 Å². The van der Waals surface area contributed by atoms with Gasteiger partial charge in [-0.1, -0.05) is 24.3 Å². The van der Waals surface area contributed by atoms with E-state index in [0.29, 0.717) is 25.3 Å². The van der Waals surface area contributed by atoms with Gasteiger partial charge < -0.3 is 9.64 Å². The molecule has 37 heavy (non-hydrogen) atoms. The minimum atomic E-state index is -0.617. The molecule has 0 bridgehead atoms. The average Bonchev–Trinajstić information content (AvgIpc) is 3.29. The highest BCUT2D eigenvalue weighted by molar-refractivity contribution is 6.06. The van der Waals surface area contributed by atoms with Crippen LogP contribution in [0, 0.1) is 17.7 Å². The zero-order valence-electron chi connectivity index (χ0n) is 21.4. The third-order valence-corrected chi connectivity index (χ3v) is 7.31. The Morgan fingerprint density at radius 2 is 1.84 bits per heavy atom. The lowest BCUT2D eigenvalue weighted by atomic mass is 9.89. The zero-order valence-corrected chi connectivity index (χ0v) is 21.4. The van der Waals surface area contributed by atoms with Gasteiger partial charge in [0.05, 0.1) is 17.5 Å². The first-order chi connectivity index (χ1) is 17.5. The minimum absolute atomic E-state index is 0.197. The zero-order chi connectivity index (χ0) is 26.5. The standard InChI is InChI=1S/C28H31FN4O4/c1-28(2,3)37-27(36)32-12-13-33-21(23-24(22(33)16-32)26(35)31(4)25(23)34)11-10-20-9-8-18(15-30-20)17-6-5-7-19(29)14-17/h5-11,14-15,21-24H,12-13,16H2,1-4H3/b11-10+. The first-order valence-electron chi connectivity index (χ1n) is 12.5. The van der Waals surface area contributed by atoms with Gasteiger partial charge in [-0.15, -0.1) is 0 Å². The fourth-order valence-corrected chi connectivity index (χ4v) is 5.61. The highest BCUT2D eigenvalue weighted by Crippen LogP contribution is 2.44. The molecule has 0 saturated carbocycles. The lowest BCUT2D eigenvalue weighted by molar-refractivity contribution is -0.140. The predicted molar refractivity (Wildman–Crippen MR) is 136 cm³/mol. The van der Waals surface area contributed by atoms with Crippen molar-refractivity contribution >= 4 is 24.0 Å². The summed E-state index contributed by atoms with van der Waals surface area (Å²) in [6.07, 6.45) is 5.08. The molecule has 0 aliphatic carbocycles. The van der Waals surface area contributed by atoms with Crippen LogP contribution in [0.3, 0.4) is 0 Å². The molecule has 3 aliphatic heterocycles. The quantitative estimate of drug-likeness (QED) is 0.594. The number of carbonyl (C=O) groups excluding carboxylic acids is 3. The number of rotatable bonds is 3.